The first-order valence-electron chi connectivity index (χ1n) is 10.2. The first-order valence-corrected chi connectivity index (χ1v) is 10.2. The molecule has 2 saturated heterocycles. The number of benzene rings is 1. The molecule has 0 N–H and O–H groups in total. The number of nitrogens with zero attached hydrogens (tertiary/aromatic N) is 3. The number of piperazine rings is 1. The molecule has 2 fully saturated rings. The van der Waals surface area contributed by atoms with E-state index < -0.39 is 0 Å². The molecule has 2 aliphatic heterocycles. The van der Waals surface area contributed by atoms with Gasteiger partial charge in [0.2, 0.25) is 0 Å². The molecule has 26 heavy (non-hydrogen) atoms. The Morgan fingerprint density at radius 1 is 0.885 bits per heavy atom. The fourth-order valence-corrected chi connectivity index (χ4v) is 3.78. The highest BCUT2D eigenvalue weighted by atomic mass is 16.2. The first kappa shape index (κ1) is 19.4. The highest BCUT2D eigenvalue weighted by molar-refractivity contribution is 5.94. The van der Waals surface area contributed by atoms with E-state index in [1.807, 2.05) is 17.0 Å². The van der Waals surface area contributed by atoms with Crippen LogP contribution in [-0.4, -0.2) is 66.4 Å². The minimum atomic E-state index is 0.196. The van der Waals surface area contributed by atoms with Crippen LogP contribution in [0.5, 0.6) is 0 Å². The second kappa shape index (κ2) is 8.53. The third-order valence-corrected chi connectivity index (χ3v) is 5.64. The lowest BCUT2D eigenvalue weighted by Crippen LogP contribution is -2.46. The molecule has 2 aliphatic rings. The predicted octanol–water partition coefficient (Wildman–Crippen LogP) is 3.48. The topological polar surface area (TPSA) is 26.8 Å². The predicted molar refractivity (Wildman–Crippen MR) is 107 cm³/mol. The van der Waals surface area contributed by atoms with Gasteiger partial charge in [-0.3, -0.25) is 9.69 Å². The van der Waals surface area contributed by atoms with Crippen LogP contribution < -0.4 is 0 Å². The molecule has 1 aromatic rings. The Bertz CT molecular complexity index is 576. The maximum atomic E-state index is 12.4. The average Bonchev–Trinajstić information content (AvgIpc) is 3.15. The molecule has 0 aliphatic carbocycles. The maximum Gasteiger partial charge on any atom is 0.253 e. The highest BCUT2D eigenvalue weighted by Gasteiger charge is 2.21. The van der Waals surface area contributed by atoms with Crippen LogP contribution >= 0.6 is 0 Å². The molecule has 4 heteroatoms. The smallest absolute Gasteiger partial charge is 0.253 e. The lowest BCUT2D eigenvalue weighted by molar-refractivity contribution is 0.0793. The summed E-state index contributed by atoms with van der Waals surface area (Å²) in [5.41, 5.74) is 2.57. The van der Waals surface area contributed by atoms with E-state index in [4.69, 9.17) is 0 Å². The van der Waals surface area contributed by atoms with E-state index in [-0.39, 0.29) is 5.91 Å². The Morgan fingerprint density at radius 3 is 2.04 bits per heavy atom. The number of likely N-dealkylation sites (tertiary alicyclic amines) is 1. The lowest BCUT2D eigenvalue weighted by atomic mass is 9.92. The van der Waals surface area contributed by atoms with Crippen LogP contribution in [0.2, 0.25) is 0 Å². The molecule has 4 nitrogen and oxygen atoms in total. The van der Waals surface area contributed by atoms with Crippen LogP contribution in [0.25, 0.3) is 0 Å². The van der Waals surface area contributed by atoms with Crippen molar-refractivity contribution < 1.29 is 4.79 Å². The molecule has 0 bridgehead atoms. The summed E-state index contributed by atoms with van der Waals surface area (Å²) in [4.78, 5) is 19.5. The Hall–Kier alpha value is -1.39. The van der Waals surface area contributed by atoms with Crippen molar-refractivity contribution in [3.8, 4) is 0 Å². The Labute approximate surface area is 159 Å². The molecule has 0 atom stereocenters. The van der Waals surface area contributed by atoms with Gasteiger partial charge in [0, 0.05) is 51.4 Å². The molecule has 0 unspecified atom stereocenters. The van der Waals surface area contributed by atoms with Crippen molar-refractivity contribution in [2.24, 2.45) is 5.41 Å². The Kier molecular flexibility index (Phi) is 6.36. The summed E-state index contributed by atoms with van der Waals surface area (Å²) in [6.07, 6.45) is 3.55. The summed E-state index contributed by atoms with van der Waals surface area (Å²) in [5, 5.41) is 0. The molecule has 0 aromatic heterocycles. The molecule has 1 amide bonds. The van der Waals surface area contributed by atoms with Gasteiger partial charge in [-0.2, -0.15) is 0 Å². The summed E-state index contributed by atoms with van der Waals surface area (Å²) in [6.45, 7) is 15.6. The summed E-state index contributed by atoms with van der Waals surface area (Å²) < 4.78 is 0. The normalized spacial score (nSPS) is 19.9. The fourth-order valence-electron chi connectivity index (χ4n) is 3.78. The van der Waals surface area contributed by atoms with Crippen LogP contribution in [-0.2, 0) is 6.54 Å². The van der Waals surface area contributed by atoms with Crippen molar-refractivity contribution in [3.63, 3.8) is 0 Å². The molecule has 3 rings (SSSR count). The van der Waals surface area contributed by atoms with Crippen molar-refractivity contribution in [2.75, 3.05) is 45.8 Å². The van der Waals surface area contributed by atoms with Gasteiger partial charge in [-0.1, -0.05) is 32.9 Å². The molecule has 0 saturated carbocycles. The minimum absolute atomic E-state index is 0.196. The molecule has 2 heterocycles. The van der Waals surface area contributed by atoms with E-state index in [9.17, 15) is 4.79 Å². The largest absolute Gasteiger partial charge is 0.339 e. The molecular formula is C22H35N3O. The van der Waals surface area contributed by atoms with Crippen molar-refractivity contribution in [1.29, 1.82) is 0 Å². The van der Waals surface area contributed by atoms with Crippen LogP contribution in [0.4, 0.5) is 0 Å². The quantitative estimate of drug-likeness (QED) is 0.807. The van der Waals surface area contributed by atoms with Crippen molar-refractivity contribution in [2.45, 2.75) is 46.6 Å². The molecule has 0 spiro atoms. The summed E-state index contributed by atoms with van der Waals surface area (Å²) in [7, 11) is 0. The highest BCUT2D eigenvalue weighted by Crippen LogP contribution is 2.20. The summed E-state index contributed by atoms with van der Waals surface area (Å²) >= 11 is 0. The van der Waals surface area contributed by atoms with Gasteiger partial charge in [0.1, 0.15) is 0 Å². The van der Waals surface area contributed by atoms with Crippen molar-refractivity contribution in [1.82, 2.24) is 14.7 Å². The van der Waals surface area contributed by atoms with Gasteiger partial charge in [-0.15, -0.1) is 0 Å². The number of hydrogen-bond acceptors (Lipinski definition) is 3. The maximum absolute atomic E-state index is 12.4. The van der Waals surface area contributed by atoms with Crippen LogP contribution in [0, 0.1) is 5.41 Å². The third kappa shape index (κ3) is 5.55. The minimum Gasteiger partial charge on any atom is -0.339 e. The van der Waals surface area contributed by atoms with E-state index in [1.54, 1.807) is 0 Å². The Balaban J connectivity index is 1.44. The number of amides is 1. The van der Waals surface area contributed by atoms with Gasteiger partial charge in [-0.05, 0) is 48.9 Å². The monoisotopic (exact) mass is 357 g/mol. The second-order valence-corrected chi connectivity index (χ2v) is 9.12. The molecule has 0 radical (unpaired) electrons. The lowest BCUT2D eigenvalue weighted by Gasteiger charge is -2.36. The average molecular weight is 358 g/mol. The second-order valence-electron chi connectivity index (χ2n) is 9.12. The summed E-state index contributed by atoms with van der Waals surface area (Å²) in [5.74, 6) is 0.196. The third-order valence-electron chi connectivity index (χ3n) is 5.64. The van der Waals surface area contributed by atoms with Crippen LogP contribution in [0.15, 0.2) is 24.3 Å². The van der Waals surface area contributed by atoms with E-state index in [1.165, 1.54) is 31.6 Å². The SMILES string of the molecule is CC(C)(C)CCN1CCN(Cc2ccc(C(=O)N3CCCC3)cc2)CC1. The number of carbonyl (C=O) groups excluding carboxylic acids is 1. The molecule has 144 valence electrons. The van der Waals surface area contributed by atoms with Crippen molar-refractivity contribution >= 4 is 5.91 Å². The number of hydrogen-bond donors (Lipinski definition) is 0. The zero-order valence-corrected chi connectivity index (χ0v) is 16.8. The molecule has 1 aromatic carbocycles. The standard InChI is InChI=1S/C22H35N3O/c1-22(2,3)10-13-23-14-16-24(17-15-23)18-19-6-8-20(9-7-19)21(26)25-11-4-5-12-25/h6-9H,4-5,10-18H2,1-3H3. The van der Waals surface area contributed by atoms with Gasteiger partial charge in [-0.25, -0.2) is 0 Å². The van der Waals surface area contributed by atoms with Crippen LogP contribution in [0.1, 0.15) is 56.0 Å². The van der Waals surface area contributed by atoms with Crippen molar-refractivity contribution in [3.05, 3.63) is 35.4 Å². The zero-order chi connectivity index (χ0) is 18.6. The van der Waals surface area contributed by atoms with Gasteiger partial charge >= 0.3 is 0 Å². The molecular weight excluding hydrogens is 322 g/mol. The number of carbonyl (C=O) groups is 1. The zero-order valence-electron chi connectivity index (χ0n) is 16.8. The van der Waals surface area contributed by atoms with E-state index in [0.29, 0.717) is 5.41 Å². The van der Waals surface area contributed by atoms with Gasteiger partial charge in [0.05, 0.1) is 0 Å². The fraction of sp³-hybridized carbons (Fsp3) is 0.682. The van der Waals surface area contributed by atoms with E-state index >= 15 is 0 Å². The van der Waals surface area contributed by atoms with Gasteiger partial charge in [0.15, 0.2) is 0 Å². The van der Waals surface area contributed by atoms with Crippen LogP contribution in [0.3, 0.4) is 0 Å². The van der Waals surface area contributed by atoms with E-state index in [0.717, 1.165) is 51.1 Å². The summed E-state index contributed by atoms with van der Waals surface area (Å²) in [6, 6.07) is 8.29. The van der Waals surface area contributed by atoms with Gasteiger partial charge in [0.25, 0.3) is 5.91 Å². The number of rotatable bonds is 5. The Morgan fingerprint density at radius 2 is 1.46 bits per heavy atom. The van der Waals surface area contributed by atoms with E-state index in [2.05, 4.69) is 42.7 Å². The first-order chi connectivity index (χ1) is 12.4. The van der Waals surface area contributed by atoms with Gasteiger partial charge < -0.3 is 9.80 Å².